The van der Waals surface area contributed by atoms with Crippen LogP contribution in [-0.4, -0.2) is 118 Å². The second-order valence-corrected chi connectivity index (χ2v) is 43.2. The highest BCUT2D eigenvalue weighted by molar-refractivity contribution is 14.1. The van der Waals surface area contributed by atoms with Crippen LogP contribution in [0.2, 0.25) is 0 Å². The summed E-state index contributed by atoms with van der Waals surface area (Å²) in [6.45, 7) is 33.9. The van der Waals surface area contributed by atoms with Gasteiger partial charge in [0.05, 0.1) is 78.0 Å². The average Bonchev–Trinajstić information content (AvgIpc) is 1.60. The Balaban J connectivity index is 0.000000188. The molecule has 0 radical (unpaired) electrons. The van der Waals surface area contributed by atoms with Crippen LogP contribution in [0.3, 0.4) is 0 Å². The Bertz CT molecular complexity index is 6180. The number of nitro groups is 5. The summed E-state index contributed by atoms with van der Waals surface area (Å²) in [6.07, 6.45) is 8.91. The summed E-state index contributed by atoms with van der Waals surface area (Å²) in [5, 5.41) is 76.6. The lowest BCUT2D eigenvalue weighted by Gasteiger charge is -2.32. The Morgan fingerprint density at radius 1 is 0.373 bits per heavy atom. The summed E-state index contributed by atoms with van der Waals surface area (Å²) in [4.78, 5) is 59.4. The first-order valence-electron chi connectivity index (χ1n) is 40.0. The number of aromatic nitrogens is 5. The summed E-state index contributed by atoms with van der Waals surface area (Å²) in [6, 6.07) is 42.0. The molecule has 10 N–H and O–H groups in total. The van der Waals surface area contributed by atoms with Gasteiger partial charge in [0.15, 0.2) is 0 Å². The van der Waals surface area contributed by atoms with E-state index in [-0.39, 0.29) is 90.2 Å². The highest BCUT2D eigenvalue weighted by Crippen LogP contribution is 2.45. The lowest BCUT2D eigenvalue weighted by Crippen LogP contribution is -2.41. The van der Waals surface area contributed by atoms with E-state index in [1.165, 1.54) is 131 Å². The van der Waals surface area contributed by atoms with Gasteiger partial charge in [0.2, 0.25) is 0 Å². The van der Waals surface area contributed by atoms with Gasteiger partial charge in [0.1, 0.15) is 17.1 Å². The van der Waals surface area contributed by atoms with Crippen LogP contribution in [0.1, 0.15) is 107 Å². The molecule has 6 aromatic carbocycles. The summed E-state index contributed by atoms with van der Waals surface area (Å²) in [5.41, 5.74) is 31.7. The first kappa shape index (κ1) is 110. The van der Waals surface area contributed by atoms with Gasteiger partial charge < -0.3 is 60.9 Å². The van der Waals surface area contributed by atoms with Crippen LogP contribution in [0.25, 0.3) is 65.4 Å². The number of benzene rings is 6. The SMILES string of the molecule is CC1(C)OB(B2OC(C)(C)C(C)(C)O2)OC1(C)C.CC1(C)OB(c2ccc([N+](=O)[O-])c(N)c2)OC1(C)C.Cc1sncc1-c1ccc(-c2cccs2)c(N)c1.Cc1sncc1-c1ccc(-c2cccs2)c([N+](=O)[O-])c1.Cc1sncc1-c1ccc(I)c([N+](=O)[O-])c1.Cc1sncc1-c1ccc(N)c([N+](=O)[O-])c1.Cc1sncc1Br.Cl.Nc1ccc(Br)cc1[N+](=O)[O-].OB(O)c1cccs1. The number of hydrogen-bond acceptors (Lipinski definition) is 35. The van der Waals surface area contributed by atoms with Crippen LogP contribution in [-0.2, 0) is 27.9 Å². The minimum atomic E-state index is -1.30. The Labute approximate surface area is 844 Å². The Morgan fingerprint density at radius 3 is 1.06 bits per heavy atom. The second-order valence-electron chi connectivity index (χ2n) is 32.4. The van der Waals surface area contributed by atoms with Gasteiger partial charge in [-0.25, -0.2) is 17.5 Å². The lowest BCUT2D eigenvalue weighted by molar-refractivity contribution is -0.385. The Kier molecular flexibility index (Phi) is 39.1. The zero-order valence-electron chi connectivity index (χ0n) is 75.3. The fourth-order valence-electron chi connectivity index (χ4n) is 12.1. The zero-order chi connectivity index (χ0) is 98.2. The lowest BCUT2D eigenvalue weighted by atomic mass is 9.49. The van der Waals surface area contributed by atoms with Crippen LogP contribution in [0.15, 0.2) is 202 Å². The van der Waals surface area contributed by atoms with E-state index >= 15 is 0 Å². The second kappa shape index (κ2) is 47.6. The smallest absolute Gasteiger partial charge is 0.423 e. The van der Waals surface area contributed by atoms with E-state index in [1.54, 1.807) is 96.1 Å². The van der Waals surface area contributed by atoms with E-state index in [1.807, 2.05) is 187 Å². The van der Waals surface area contributed by atoms with Crippen molar-refractivity contribution in [1.82, 2.24) is 21.9 Å². The number of rotatable bonds is 14. The van der Waals surface area contributed by atoms with E-state index in [2.05, 4.69) is 84.2 Å². The van der Waals surface area contributed by atoms with Crippen molar-refractivity contribution in [2.24, 2.45) is 0 Å². The summed E-state index contributed by atoms with van der Waals surface area (Å²) >= 11 is 20.1. The molecule has 3 fully saturated rings. The first-order valence-corrected chi connectivity index (χ1v) is 49.2. The number of halogens is 4. The van der Waals surface area contributed by atoms with Crippen LogP contribution < -0.4 is 33.2 Å². The number of hydrogen-bond donors (Lipinski definition) is 6. The zero-order valence-corrected chi connectivity index (χ0v) is 88.0. The van der Waals surface area contributed by atoms with Crippen molar-refractivity contribution in [2.45, 2.75) is 151 Å². The van der Waals surface area contributed by atoms with Gasteiger partial charge in [-0.1, -0.05) is 76.6 Å². The third-order valence-electron chi connectivity index (χ3n) is 21.7. The molecular formula is C86H94B4Br2ClIN14O18S8. The fraction of sp³-hybridized carbons (Fsp3) is 0.267. The monoisotopic (exact) mass is 2230 g/mol. The highest BCUT2D eigenvalue weighted by atomic mass is 127. The third-order valence-corrected chi connectivity index (χ3v) is 30.4. The molecule has 8 aromatic heterocycles. The summed E-state index contributed by atoms with van der Waals surface area (Å²) < 4.78 is 58.9. The molecule has 134 heavy (non-hydrogen) atoms. The Morgan fingerprint density at radius 2 is 0.724 bits per heavy atom. The summed E-state index contributed by atoms with van der Waals surface area (Å²) in [5.74, 6) is 0. The predicted octanol–water partition coefficient (Wildman–Crippen LogP) is 23.2. The molecular weight excluding hydrogens is 2140 g/mol. The van der Waals surface area contributed by atoms with E-state index in [0.717, 1.165) is 74.2 Å². The van der Waals surface area contributed by atoms with Gasteiger partial charge in [0, 0.05) is 132 Å². The molecule has 0 unspecified atom stereocenters. The van der Waals surface area contributed by atoms with E-state index in [9.17, 15) is 50.6 Å². The van der Waals surface area contributed by atoms with Crippen molar-refractivity contribution < 1.29 is 62.6 Å². The van der Waals surface area contributed by atoms with Crippen LogP contribution in [0, 0.1) is 88.8 Å². The van der Waals surface area contributed by atoms with E-state index in [4.69, 9.17) is 60.9 Å². The molecule has 0 amide bonds. The molecule has 0 saturated carbocycles. The standard InChI is InChI=1S/C14H10N2O2S2.C14H12N2S2.C12H24B2O4.C12H17BN2O4.C10H7IN2O2S.C10H9N3O2S.C6H5BrN2O2.C4H5BO2S.C4H4BrNS.ClH/c1-9-12(8-15-20-9)10-4-5-11(13(7-10)16(17)18)14-3-2-6-19-14;1-9-12(8-16-18-9)10-4-5-11(13(15)7-10)14-3-2-6-17-14;1-9(2)10(3,4)16-13(15-9)14-17-11(5,6)12(7,8)18-14;1-11(2)12(3,4)19-13(18-11)8-5-6-10(15(16)17)9(14)7-8;2*1-6-8(5-12-16-6)7-2-3-9(11)10(4-7)13(14)15;7-4-1-2-5(8)6(3-4)9(10)11;6-5(7)4-2-1-3-8-4;1-3-4(5)2-6-7-3;/h2-8H,1H3;2-8H,15H2,1H3;1-8H3;5-7H,14H2,1-4H3;2-5H,1H3;2-5H,11H2,1H3;1-3H,8H2;1-3,6-7H;2H,1H3;1H. The molecule has 704 valence electrons. The number of nitrogens with two attached hydrogens (primary N) is 4. The number of anilines is 4. The molecule has 0 spiro atoms. The number of nitro benzene ring substituents is 5. The minimum absolute atomic E-state index is 0. The van der Waals surface area contributed by atoms with Crippen molar-refractivity contribution in [2.75, 3.05) is 22.9 Å². The molecule has 17 rings (SSSR count). The van der Waals surface area contributed by atoms with Gasteiger partial charge in [0.25, 0.3) is 28.4 Å². The number of thiophene rings is 3. The minimum Gasteiger partial charge on any atom is -0.423 e. The van der Waals surface area contributed by atoms with Gasteiger partial charge >= 0.3 is 28.3 Å². The van der Waals surface area contributed by atoms with E-state index in [0.29, 0.717) is 23.8 Å². The molecule has 0 aliphatic carbocycles. The van der Waals surface area contributed by atoms with Crippen molar-refractivity contribution in [3.63, 3.8) is 0 Å². The number of nitrogens with zero attached hydrogens (tertiary/aromatic N) is 10. The molecule has 11 heterocycles. The molecule has 0 bridgehead atoms. The van der Waals surface area contributed by atoms with Gasteiger partial charge in [-0.05, 0) is 312 Å². The molecule has 48 heteroatoms. The van der Waals surface area contributed by atoms with Crippen LogP contribution in [0.4, 0.5) is 51.2 Å². The molecule has 14 aromatic rings. The fourth-order valence-corrected chi connectivity index (χ4v) is 18.4. The number of nitrogen functional groups attached to an aromatic ring is 4. The Hall–Kier alpha value is -9.31. The highest BCUT2D eigenvalue weighted by Gasteiger charge is 2.64. The molecule has 0 atom stereocenters. The van der Waals surface area contributed by atoms with Crippen molar-refractivity contribution in [3.8, 4) is 65.4 Å². The largest absolute Gasteiger partial charge is 0.499 e. The van der Waals surface area contributed by atoms with Crippen molar-refractivity contribution in [1.29, 1.82) is 0 Å². The number of aryl methyl sites for hydroxylation is 5. The maximum Gasteiger partial charge on any atom is 0.499 e. The molecule has 3 aliphatic heterocycles. The van der Waals surface area contributed by atoms with Gasteiger partial charge in [-0.3, -0.25) is 50.6 Å². The predicted molar refractivity (Wildman–Crippen MR) is 564 cm³/mol. The first-order chi connectivity index (χ1) is 62.3. The van der Waals surface area contributed by atoms with Crippen LogP contribution >= 0.6 is 159 Å². The van der Waals surface area contributed by atoms with Gasteiger partial charge in [-0.15, -0.1) is 35.1 Å². The van der Waals surface area contributed by atoms with Gasteiger partial charge in [-0.2, -0.15) is 15.7 Å². The van der Waals surface area contributed by atoms with Crippen molar-refractivity contribution >= 4 is 248 Å². The molecule has 3 aliphatic rings. The molecule has 32 nitrogen and oxygen atoms in total. The summed E-state index contributed by atoms with van der Waals surface area (Å²) in [7, 11) is -2.81. The third kappa shape index (κ3) is 28.5. The maximum atomic E-state index is 11.3. The normalized spacial score (nSPS) is 14.5. The maximum absolute atomic E-state index is 11.3. The topological polar surface area (TPSA) is 480 Å². The average molecular weight is 2230 g/mol. The van der Waals surface area contributed by atoms with E-state index < -0.39 is 54.2 Å². The van der Waals surface area contributed by atoms with Crippen LogP contribution in [0.5, 0.6) is 0 Å². The quantitative estimate of drug-likeness (QED) is 0.0194. The van der Waals surface area contributed by atoms with Crippen molar-refractivity contribution in [3.05, 3.63) is 280 Å². The molecule has 3 saturated heterocycles.